The molecule has 0 atom stereocenters. The highest BCUT2D eigenvalue weighted by molar-refractivity contribution is 7.14. The Hall–Kier alpha value is -0.870. The highest BCUT2D eigenvalue weighted by atomic mass is 32.1. The summed E-state index contributed by atoms with van der Waals surface area (Å²) in [5.41, 5.74) is 0.712. The van der Waals surface area contributed by atoms with Gasteiger partial charge in [0, 0.05) is 4.88 Å². The number of aryl methyl sites for hydroxylation is 2. The summed E-state index contributed by atoms with van der Waals surface area (Å²) in [5, 5.41) is 10.3. The molecule has 1 N–H and O–H groups in total. The number of amides is 1. The number of rotatable bonds is 2. The van der Waals surface area contributed by atoms with Crippen LogP contribution in [0.25, 0.3) is 0 Å². The highest BCUT2D eigenvalue weighted by Gasteiger charge is 2.46. The molecule has 1 aromatic rings. The van der Waals surface area contributed by atoms with E-state index in [1.165, 1.54) is 36.1 Å². The van der Waals surface area contributed by atoms with E-state index in [4.69, 9.17) is 0 Å². The molecule has 1 aliphatic heterocycles. The Kier molecular flexibility index (Phi) is 4.10. The summed E-state index contributed by atoms with van der Waals surface area (Å²) in [4.78, 5) is 16.6. The van der Waals surface area contributed by atoms with Crippen molar-refractivity contribution in [3.05, 3.63) is 21.4 Å². The molecule has 0 radical (unpaired) electrons. The van der Waals surface area contributed by atoms with Gasteiger partial charge < -0.3 is 10.0 Å². The number of β-amino-alcohol motifs (C(OH)–C–C–N with tert-alkyl or cyclic N) is 1. The van der Waals surface area contributed by atoms with Crippen LogP contribution in [0.4, 0.5) is 0 Å². The van der Waals surface area contributed by atoms with Gasteiger partial charge in [0.05, 0.1) is 18.0 Å². The molecule has 0 bridgehead atoms. The zero-order valence-corrected chi connectivity index (χ0v) is 13.8. The second-order valence-corrected chi connectivity index (χ2v) is 8.03. The van der Waals surface area contributed by atoms with Crippen LogP contribution in [-0.2, 0) is 12.8 Å². The third-order valence-corrected chi connectivity index (χ3v) is 6.22. The van der Waals surface area contributed by atoms with Gasteiger partial charge >= 0.3 is 0 Å². The smallest absolute Gasteiger partial charge is 0.264 e. The summed E-state index contributed by atoms with van der Waals surface area (Å²) >= 11 is 1.68. The first-order valence-electron chi connectivity index (χ1n) is 8.13. The van der Waals surface area contributed by atoms with Gasteiger partial charge in [0.1, 0.15) is 5.60 Å². The first-order chi connectivity index (χ1) is 9.99. The van der Waals surface area contributed by atoms with Crippen LogP contribution in [0.5, 0.6) is 0 Å². The number of likely N-dealkylation sites (tertiary alicyclic amines) is 1. The zero-order chi connectivity index (χ0) is 15.0. The van der Waals surface area contributed by atoms with Crippen LogP contribution < -0.4 is 0 Å². The van der Waals surface area contributed by atoms with Crippen molar-refractivity contribution in [2.75, 3.05) is 13.1 Å². The molecule has 1 aliphatic carbocycles. The maximum atomic E-state index is 12.6. The quantitative estimate of drug-likeness (QED) is 0.911. The van der Waals surface area contributed by atoms with Gasteiger partial charge in [0.2, 0.25) is 0 Å². The molecule has 2 heterocycles. The number of nitrogens with zero attached hydrogens (tertiary/aromatic N) is 1. The van der Waals surface area contributed by atoms with Crippen molar-refractivity contribution in [3.63, 3.8) is 0 Å². The first-order valence-corrected chi connectivity index (χ1v) is 8.94. The highest BCUT2D eigenvalue weighted by Crippen LogP contribution is 2.33. The van der Waals surface area contributed by atoms with Crippen molar-refractivity contribution in [3.8, 4) is 0 Å². The van der Waals surface area contributed by atoms with Crippen molar-refractivity contribution in [1.29, 1.82) is 0 Å². The Labute approximate surface area is 131 Å². The lowest BCUT2D eigenvalue weighted by Crippen LogP contribution is -2.65. The van der Waals surface area contributed by atoms with Gasteiger partial charge in [0.15, 0.2) is 0 Å². The molecule has 3 rings (SSSR count). The third-order valence-electron chi connectivity index (χ3n) is 5.00. The van der Waals surface area contributed by atoms with E-state index in [0.29, 0.717) is 13.1 Å². The summed E-state index contributed by atoms with van der Waals surface area (Å²) in [5.74, 6) is 0.308. The molecule has 1 amide bonds. The van der Waals surface area contributed by atoms with E-state index in [0.717, 1.165) is 17.7 Å². The molecule has 1 fully saturated rings. The minimum Gasteiger partial charge on any atom is -0.386 e. The monoisotopic (exact) mass is 307 g/mol. The molecule has 0 saturated carbocycles. The molecule has 21 heavy (non-hydrogen) atoms. The summed E-state index contributed by atoms with van der Waals surface area (Å²) in [6.07, 6.45) is 7.37. The molecular weight excluding hydrogens is 282 g/mol. The molecule has 116 valence electrons. The Morgan fingerprint density at radius 1 is 1.24 bits per heavy atom. The number of fused-ring (bicyclic) bond motifs is 1. The minimum atomic E-state index is -0.679. The average molecular weight is 307 g/mol. The third kappa shape index (κ3) is 2.88. The topological polar surface area (TPSA) is 40.5 Å². The van der Waals surface area contributed by atoms with Gasteiger partial charge in [-0.1, -0.05) is 26.7 Å². The minimum absolute atomic E-state index is 0.108. The fraction of sp³-hybridized carbons (Fsp3) is 0.706. The fourth-order valence-corrected chi connectivity index (χ4v) is 4.45. The predicted octanol–water partition coefficient (Wildman–Crippen LogP) is 3.25. The van der Waals surface area contributed by atoms with Crippen molar-refractivity contribution in [2.45, 2.75) is 58.0 Å². The van der Waals surface area contributed by atoms with Gasteiger partial charge in [-0.3, -0.25) is 4.79 Å². The van der Waals surface area contributed by atoms with E-state index in [1.807, 2.05) is 13.8 Å². The van der Waals surface area contributed by atoms with Gasteiger partial charge in [-0.05, 0) is 43.2 Å². The summed E-state index contributed by atoms with van der Waals surface area (Å²) < 4.78 is 0. The predicted molar refractivity (Wildman–Crippen MR) is 85.9 cm³/mol. The lowest BCUT2D eigenvalue weighted by atomic mass is 9.83. The standard InChI is InChI=1S/C17H25NO2S/c1-12(2)17(20)10-18(11-17)16(19)15-9-13-7-5-3-4-6-8-14(13)21-15/h9,12,20H,3-8,10-11H2,1-2H3. The fourth-order valence-electron chi connectivity index (χ4n) is 3.23. The van der Waals surface area contributed by atoms with E-state index in [2.05, 4.69) is 6.07 Å². The largest absolute Gasteiger partial charge is 0.386 e. The maximum Gasteiger partial charge on any atom is 0.264 e. The lowest BCUT2D eigenvalue weighted by Gasteiger charge is -2.48. The maximum absolute atomic E-state index is 12.6. The van der Waals surface area contributed by atoms with Crippen molar-refractivity contribution in [2.24, 2.45) is 5.92 Å². The molecule has 1 saturated heterocycles. The van der Waals surface area contributed by atoms with Gasteiger partial charge in [0.25, 0.3) is 5.91 Å². The van der Waals surface area contributed by atoms with Crippen LogP contribution in [0, 0.1) is 5.92 Å². The zero-order valence-electron chi connectivity index (χ0n) is 13.0. The molecular formula is C17H25NO2S. The molecule has 3 nitrogen and oxygen atoms in total. The van der Waals surface area contributed by atoms with Crippen LogP contribution in [0.3, 0.4) is 0 Å². The number of aliphatic hydroxyl groups is 1. The van der Waals surface area contributed by atoms with Gasteiger partial charge in [-0.2, -0.15) is 0 Å². The second kappa shape index (κ2) is 5.73. The Bertz CT molecular complexity index is 503. The average Bonchev–Trinajstić information content (AvgIpc) is 2.76. The molecule has 0 aromatic carbocycles. The first kappa shape index (κ1) is 15.0. The van der Waals surface area contributed by atoms with Gasteiger partial charge in [-0.25, -0.2) is 0 Å². The van der Waals surface area contributed by atoms with Crippen molar-refractivity contribution >= 4 is 17.2 Å². The molecule has 2 aliphatic rings. The van der Waals surface area contributed by atoms with Crippen LogP contribution in [-0.4, -0.2) is 34.6 Å². The van der Waals surface area contributed by atoms with Crippen LogP contribution in [0.1, 0.15) is 59.6 Å². The SMILES string of the molecule is CC(C)C1(O)CN(C(=O)c2cc3c(s2)CCCCCC3)C1. The van der Waals surface area contributed by atoms with E-state index in [-0.39, 0.29) is 11.8 Å². The summed E-state index contributed by atoms with van der Waals surface area (Å²) in [7, 11) is 0. The van der Waals surface area contributed by atoms with Crippen LogP contribution in [0.15, 0.2) is 6.07 Å². The number of hydrogen-bond acceptors (Lipinski definition) is 3. The molecule has 0 unspecified atom stereocenters. The molecule has 4 heteroatoms. The van der Waals surface area contributed by atoms with E-state index >= 15 is 0 Å². The number of hydrogen-bond donors (Lipinski definition) is 1. The lowest BCUT2D eigenvalue weighted by molar-refractivity contribution is -0.110. The number of carbonyl (C=O) groups is 1. The second-order valence-electron chi connectivity index (χ2n) is 6.89. The number of thiophene rings is 1. The van der Waals surface area contributed by atoms with Crippen LogP contribution >= 0.6 is 11.3 Å². The van der Waals surface area contributed by atoms with E-state index < -0.39 is 5.60 Å². The van der Waals surface area contributed by atoms with Crippen molar-refractivity contribution < 1.29 is 9.90 Å². The van der Waals surface area contributed by atoms with E-state index in [9.17, 15) is 9.90 Å². The molecule has 1 aromatic heterocycles. The Morgan fingerprint density at radius 2 is 1.90 bits per heavy atom. The van der Waals surface area contributed by atoms with Crippen LogP contribution in [0.2, 0.25) is 0 Å². The summed E-state index contributed by atoms with van der Waals surface area (Å²) in [6, 6.07) is 2.11. The Balaban J connectivity index is 1.70. The van der Waals surface area contributed by atoms with Gasteiger partial charge in [-0.15, -0.1) is 11.3 Å². The Morgan fingerprint density at radius 3 is 2.57 bits per heavy atom. The molecule has 0 spiro atoms. The van der Waals surface area contributed by atoms with E-state index in [1.54, 1.807) is 16.2 Å². The van der Waals surface area contributed by atoms with Crippen molar-refractivity contribution in [1.82, 2.24) is 4.90 Å². The number of carbonyl (C=O) groups excluding carboxylic acids is 1. The summed E-state index contributed by atoms with van der Waals surface area (Å²) in [6.45, 7) is 4.98. The normalized spacial score (nSPS) is 21.4.